The van der Waals surface area contributed by atoms with E-state index in [1.54, 1.807) is 0 Å². The molecule has 0 fully saturated rings. The van der Waals surface area contributed by atoms with Crippen molar-refractivity contribution in [3.8, 4) is 0 Å². The fraction of sp³-hybridized carbons (Fsp3) is 0.258. The molecule has 0 heterocycles. The summed E-state index contributed by atoms with van der Waals surface area (Å²) in [5.74, 6) is 0. The van der Waals surface area contributed by atoms with E-state index < -0.39 is 0 Å². The first-order valence-corrected chi connectivity index (χ1v) is 11.5. The largest absolute Gasteiger partial charge is 0.248 e. The average molecular weight is 422 g/mol. The lowest BCUT2D eigenvalue weighted by atomic mass is 9.92. The van der Waals surface area contributed by atoms with Gasteiger partial charge in [-0.25, -0.2) is 4.99 Å². The van der Waals surface area contributed by atoms with Crippen LogP contribution in [0.25, 0.3) is 11.8 Å². The number of hydrogen-bond donors (Lipinski definition) is 0. The second-order valence-corrected chi connectivity index (χ2v) is 8.77. The van der Waals surface area contributed by atoms with Crippen LogP contribution < -0.4 is 0 Å². The van der Waals surface area contributed by atoms with E-state index in [0.29, 0.717) is 0 Å². The molecule has 0 aromatic heterocycles. The lowest BCUT2D eigenvalue weighted by molar-refractivity contribution is 0.793. The zero-order chi connectivity index (χ0) is 23.3. The van der Waals surface area contributed by atoms with E-state index in [-0.39, 0.29) is 0 Å². The van der Waals surface area contributed by atoms with Crippen molar-refractivity contribution >= 4 is 17.5 Å². The Hall–Kier alpha value is -3.19. The van der Waals surface area contributed by atoms with Crippen molar-refractivity contribution in [3.63, 3.8) is 0 Å². The van der Waals surface area contributed by atoms with Gasteiger partial charge in [-0.2, -0.15) is 0 Å². The highest BCUT2D eigenvalue weighted by Gasteiger charge is 2.15. The van der Waals surface area contributed by atoms with E-state index in [1.165, 1.54) is 40.7 Å². The first-order valence-electron chi connectivity index (χ1n) is 11.5. The van der Waals surface area contributed by atoms with Gasteiger partial charge in [0.1, 0.15) is 0 Å². The molecule has 164 valence electrons. The third-order valence-corrected chi connectivity index (χ3v) is 6.00. The molecular formula is C31H35N. The van der Waals surface area contributed by atoms with E-state index in [0.717, 1.165) is 40.1 Å². The molecule has 1 heteroatoms. The van der Waals surface area contributed by atoms with Gasteiger partial charge in [0, 0.05) is 16.7 Å². The van der Waals surface area contributed by atoms with E-state index in [1.807, 2.05) is 6.08 Å². The number of hydrogen-bond acceptors (Lipinski definition) is 1. The Balaban J connectivity index is 2.18. The lowest BCUT2D eigenvalue weighted by Crippen LogP contribution is -2.09. The second-order valence-electron chi connectivity index (χ2n) is 8.77. The van der Waals surface area contributed by atoms with Crippen LogP contribution in [0.3, 0.4) is 0 Å². The Kier molecular flexibility index (Phi) is 7.64. The van der Waals surface area contributed by atoms with Gasteiger partial charge in [0.2, 0.25) is 0 Å². The van der Waals surface area contributed by atoms with Gasteiger partial charge in [0.25, 0.3) is 0 Å². The maximum absolute atomic E-state index is 5.19. The first kappa shape index (κ1) is 23.5. The van der Waals surface area contributed by atoms with Crippen molar-refractivity contribution in [3.05, 3.63) is 118 Å². The monoisotopic (exact) mass is 421 g/mol. The second kappa shape index (κ2) is 10.4. The van der Waals surface area contributed by atoms with Crippen molar-refractivity contribution in [2.75, 3.05) is 0 Å². The molecule has 3 aromatic carbocycles. The predicted octanol–water partition coefficient (Wildman–Crippen LogP) is 8.41. The molecule has 32 heavy (non-hydrogen) atoms. The van der Waals surface area contributed by atoms with Crippen LogP contribution in [0.5, 0.6) is 0 Å². The quantitative estimate of drug-likeness (QED) is 0.324. The Morgan fingerprint density at radius 2 is 1.41 bits per heavy atom. The van der Waals surface area contributed by atoms with Gasteiger partial charge in [-0.15, -0.1) is 0 Å². The summed E-state index contributed by atoms with van der Waals surface area (Å²) in [6, 6.07) is 19.6. The third-order valence-electron chi connectivity index (χ3n) is 6.00. The average Bonchev–Trinajstić information content (AvgIpc) is 2.76. The summed E-state index contributed by atoms with van der Waals surface area (Å²) < 4.78 is 0. The molecule has 0 radical (unpaired) electrons. The highest BCUT2D eigenvalue weighted by Crippen LogP contribution is 2.27. The van der Waals surface area contributed by atoms with Crippen molar-refractivity contribution in [2.45, 2.75) is 53.9 Å². The number of rotatable bonds is 8. The van der Waals surface area contributed by atoms with Crippen LogP contribution in [0, 0.1) is 27.7 Å². The minimum absolute atomic E-state index is 0.818. The summed E-state index contributed by atoms with van der Waals surface area (Å²) in [4.78, 5) is 5.19. The molecule has 0 saturated carbocycles. The van der Waals surface area contributed by atoms with E-state index >= 15 is 0 Å². The first-order chi connectivity index (χ1) is 15.3. The van der Waals surface area contributed by atoms with Crippen LogP contribution in [-0.2, 0) is 6.42 Å². The molecule has 0 N–H and O–H groups in total. The Bertz CT molecular complexity index is 1180. The molecule has 0 aliphatic rings. The standard InChI is InChI=1S/C31H35N/c1-8-10-11-27-19-22(4)13-16-30(27)25(7)32-31(28-15-12-21(3)18-23(28)5)29-17-14-26(9-2)20-24(29)6/h9,12-20H,2,7-8,10-11H2,1,3-6H3/b32-31-. The number of unbranched alkanes of at least 4 members (excludes halogenated alkanes) is 1. The van der Waals surface area contributed by atoms with E-state index in [9.17, 15) is 0 Å². The summed E-state index contributed by atoms with van der Waals surface area (Å²) in [5, 5.41) is 0. The molecule has 0 spiro atoms. The fourth-order valence-electron chi connectivity index (χ4n) is 4.20. The molecule has 0 unspecified atom stereocenters. The van der Waals surface area contributed by atoms with Crippen molar-refractivity contribution < 1.29 is 0 Å². The van der Waals surface area contributed by atoms with Gasteiger partial charge < -0.3 is 0 Å². The highest BCUT2D eigenvalue weighted by molar-refractivity contribution is 6.16. The fourth-order valence-corrected chi connectivity index (χ4v) is 4.20. The lowest BCUT2D eigenvalue weighted by Gasteiger charge is -2.16. The SMILES string of the molecule is C=Cc1ccc(/C(=N\C(=C)c2ccc(C)cc2CCCC)c2ccc(C)cc2C)c(C)c1. The van der Waals surface area contributed by atoms with Crippen LogP contribution >= 0.6 is 0 Å². The molecule has 3 aromatic rings. The summed E-state index contributed by atoms with van der Waals surface area (Å²) in [6.07, 6.45) is 5.27. The van der Waals surface area contributed by atoms with Crippen LogP contribution in [0.2, 0.25) is 0 Å². The Morgan fingerprint density at radius 3 is 2.00 bits per heavy atom. The molecule has 0 saturated heterocycles. The van der Waals surface area contributed by atoms with E-state index in [4.69, 9.17) is 4.99 Å². The zero-order valence-electron chi connectivity index (χ0n) is 20.3. The predicted molar refractivity (Wildman–Crippen MR) is 142 cm³/mol. The number of nitrogens with zero attached hydrogens (tertiary/aromatic N) is 1. The van der Waals surface area contributed by atoms with Gasteiger partial charge in [0.15, 0.2) is 0 Å². The van der Waals surface area contributed by atoms with Crippen LogP contribution in [0.15, 0.2) is 72.7 Å². The maximum atomic E-state index is 5.19. The molecular weight excluding hydrogens is 386 g/mol. The van der Waals surface area contributed by atoms with Crippen molar-refractivity contribution in [1.82, 2.24) is 0 Å². The Labute approximate surface area is 194 Å². The molecule has 0 bridgehead atoms. The van der Waals surface area contributed by atoms with E-state index in [2.05, 4.69) is 102 Å². The maximum Gasteiger partial charge on any atom is 0.0786 e. The summed E-state index contributed by atoms with van der Waals surface area (Å²) in [6.45, 7) is 19.1. The number of aryl methyl sites for hydroxylation is 5. The normalized spacial score (nSPS) is 11.5. The highest BCUT2D eigenvalue weighted by atomic mass is 14.8. The molecule has 3 rings (SSSR count). The summed E-state index contributed by atoms with van der Waals surface area (Å²) >= 11 is 0. The van der Waals surface area contributed by atoms with Crippen LogP contribution in [-0.4, -0.2) is 5.71 Å². The Morgan fingerprint density at radius 1 is 0.812 bits per heavy atom. The topological polar surface area (TPSA) is 12.4 Å². The number of benzene rings is 3. The summed E-state index contributed by atoms with van der Waals surface area (Å²) in [5.41, 5.74) is 12.6. The molecule has 0 atom stereocenters. The minimum atomic E-state index is 0.818. The third kappa shape index (κ3) is 5.34. The van der Waals surface area contributed by atoms with Crippen LogP contribution in [0.4, 0.5) is 0 Å². The van der Waals surface area contributed by atoms with Gasteiger partial charge in [-0.05, 0) is 62.8 Å². The smallest absolute Gasteiger partial charge is 0.0786 e. The van der Waals surface area contributed by atoms with Crippen LogP contribution in [0.1, 0.15) is 69.8 Å². The van der Waals surface area contributed by atoms with Gasteiger partial charge in [-0.1, -0.05) is 98.3 Å². The number of aliphatic imine (C=N–C) groups is 1. The van der Waals surface area contributed by atoms with Gasteiger partial charge in [-0.3, -0.25) is 0 Å². The minimum Gasteiger partial charge on any atom is -0.248 e. The molecule has 0 aliphatic heterocycles. The van der Waals surface area contributed by atoms with Crippen molar-refractivity contribution in [1.29, 1.82) is 0 Å². The zero-order valence-corrected chi connectivity index (χ0v) is 20.3. The van der Waals surface area contributed by atoms with Gasteiger partial charge >= 0.3 is 0 Å². The molecule has 1 nitrogen and oxygen atoms in total. The van der Waals surface area contributed by atoms with Gasteiger partial charge in [0.05, 0.1) is 11.4 Å². The molecule has 0 aliphatic carbocycles. The molecule has 0 amide bonds. The van der Waals surface area contributed by atoms with Crippen molar-refractivity contribution in [2.24, 2.45) is 4.99 Å². The summed E-state index contributed by atoms with van der Waals surface area (Å²) in [7, 11) is 0.